The SMILES string of the molecule is CCN1C(=O)c2c(c3ccccn3c2C(=O)c2ccc(Cl)cc2)C1=O. The minimum Gasteiger partial charge on any atom is -0.312 e. The maximum atomic E-state index is 13.1. The second-order valence-corrected chi connectivity index (χ2v) is 6.18. The Kier molecular flexibility index (Phi) is 3.47. The smallest absolute Gasteiger partial charge is 0.263 e. The Hall–Kier alpha value is -2.92. The van der Waals surface area contributed by atoms with Crippen LogP contribution < -0.4 is 0 Å². The lowest BCUT2D eigenvalue weighted by Crippen LogP contribution is -2.30. The highest BCUT2D eigenvalue weighted by Gasteiger charge is 2.42. The van der Waals surface area contributed by atoms with Crippen LogP contribution in [0.1, 0.15) is 43.7 Å². The Morgan fingerprint density at radius 1 is 1.00 bits per heavy atom. The monoisotopic (exact) mass is 352 g/mol. The van der Waals surface area contributed by atoms with E-state index >= 15 is 0 Å². The van der Waals surface area contributed by atoms with Gasteiger partial charge in [0.1, 0.15) is 5.69 Å². The number of amides is 2. The maximum absolute atomic E-state index is 13.1. The molecule has 1 aromatic carbocycles. The predicted molar refractivity (Wildman–Crippen MR) is 93.3 cm³/mol. The fourth-order valence-electron chi connectivity index (χ4n) is 3.24. The molecule has 0 saturated carbocycles. The van der Waals surface area contributed by atoms with Crippen LogP contribution in [0.25, 0.3) is 5.52 Å². The first-order valence-electron chi connectivity index (χ1n) is 7.84. The number of fused-ring (bicyclic) bond motifs is 3. The van der Waals surface area contributed by atoms with Gasteiger partial charge in [0, 0.05) is 23.3 Å². The Labute approximate surface area is 148 Å². The van der Waals surface area contributed by atoms with E-state index < -0.39 is 5.91 Å². The Morgan fingerprint density at radius 3 is 2.36 bits per heavy atom. The van der Waals surface area contributed by atoms with Crippen LogP contribution in [0.2, 0.25) is 5.02 Å². The van der Waals surface area contributed by atoms with Gasteiger partial charge in [0.15, 0.2) is 0 Å². The Balaban J connectivity index is 2.01. The number of ketones is 1. The summed E-state index contributed by atoms with van der Waals surface area (Å²) in [6.45, 7) is 2.00. The van der Waals surface area contributed by atoms with Gasteiger partial charge < -0.3 is 4.40 Å². The van der Waals surface area contributed by atoms with Gasteiger partial charge >= 0.3 is 0 Å². The molecule has 0 atom stereocenters. The predicted octanol–water partition coefficient (Wildman–Crippen LogP) is 3.44. The highest BCUT2D eigenvalue weighted by molar-refractivity contribution is 6.31. The summed E-state index contributed by atoms with van der Waals surface area (Å²) in [4.78, 5) is 39.6. The number of carbonyl (C=O) groups is 3. The third-order valence-corrected chi connectivity index (χ3v) is 4.65. The minimum absolute atomic E-state index is 0.179. The normalized spacial score (nSPS) is 13.6. The molecular formula is C19H13ClN2O3. The largest absolute Gasteiger partial charge is 0.312 e. The maximum Gasteiger partial charge on any atom is 0.263 e. The number of hydrogen-bond donors (Lipinski definition) is 0. The summed E-state index contributed by atoms with van der Waals surface area (Å²) < 4.78 is 1.62. The summed E-state index contributed by atoms with van der Waals surface area (Å²) in [5, 5.41) is 0.519. The van der Waals surface area contributed by atoms with Gasteiger partial charge in [0.2, 0.25) is 5.78 Å². The van der Waals surface area contributed by atoms with Gasteiger partial charge in [-0.15, -0.1) is 0 Å². The zero-order valence-electron chi connectivity index (χ0n) is 13.3. The molecule has 2 amide bonds. The highest BCUT2D eigenvalue weighted by Crippen LogP contribution is 2.33. The average Bonchev–Trinajstić information content (AvgIpc) is 3.08. The summed E-state index contributed by atoms with van der Waals surface area (Å²) in [5.41, 5.74) is 1.65. The van der Waals surface area contributed by atoms with Crippen molar-refractivity contribution in [2.75, 3.05) is 6.54 Å². The van der Waals surface area contributed by atoms with Gasteiger partial charge in [-0.3, -0.25) is 19.3 Å². The van der Waals surface area contributed by atoms with Crippen LogP contribution in [0, 0.1) is 0 Å². The number of benzene rings is 1. The molecule has 5 nitrogen and oxygen atoms in total. The van der Waals surface area contributed by atoms with Crippen LogP contribution in [0.15, 0.2) is 48.7 Å². The van der Waals surface area contributed by atoms with Crippen molar-refractivity contribution in [3.8, 4) is 0 Å². The molecule has 0 unspecified atom stereocenters. The quantitative estimate of drug-likeness (QED) is 0.536. The standard InChI is InChI=1S/C19H13ClN2O3/c1-2-21-18(24)14-13-5-3-4-10-22(13)16(15(14)19(21)25)17(23)11-6-8-12(20)9-7-11/h3-10H,2H2,1H3. The summed E-state index contributed by atoms with van der Waals surface area (Å²) in [6, 6.07) is 11.7. The van der Waals surface area contributed by atoms with Gasteiger partial charge in [-0.2, -0.15) is 0 Å². The Morgan fingerprint density at radius 2 is 1.68 bits per heavy atom. The van der Waals surface area contributed by atoms with Gasteiger partial charge in [-0.05, 0) is 43.3 Å². The number of halogens is 1. The third kappa shape index (κ3) is 2.13. The fourth-order valence-corrected chi connectivity index (χ4v) is 3.37. The number of imide groups is 1. The summed E-state index contributed by atoms with van der Waals surface area (Å²) in [6.07, 6.45) is 1.69. The molecule has 4 rings (SSSR count). The number of hydrogen-bond acceptors (Lipinski definition) is 3. The molecule has 1 aliphatic rings. The fraction of sp³-hybridized carbons (Fsp3) is 0.105. The molecule has 1 aliphatic heterocycles. The summed E-state index contributed by atoms with van der Waals surface area (Å²) in [7, 11) is 0. The summed E-state index contributed by atoms with van der Waals surface area (Å²) >= 11 is 5.89. The van der Waals surface area contributed by atoms with Crippen molar-refractivity contribution in [1.82, 2.24) is 9.30 Å². The van der Waals surface area contributed by atoms with Crippen LogP contribution in [-0.4, -0.2) is 33.4 Å². The van der Waals surface area contributed by atoms with Gasteiger partial charge in [0.05, 0.1) is 16.6 Å². The first kappa shape index (κ1) is 15.6. The van der Waals surface area contributed by atoms with E-state index in [1.807, 2.05) is 0 Å². The topological polar surface area (TPSA) is 58.9 Å². The van der Waals surface area contributed by atoms with E-state index in [0.717, 1.165) is 4.90 Å². The third-order valence-electron chi connectivity index (χ3n) is 4.40. The van der Waals surface area contributed by atoms with E-state index in [0.29, 0.717) is 21.7 Å². The van der Waals surface area contributed by atoms with E-state index in [1.54, 1.807) is 60.0 Å². The Bertz CT molecular complexity index is 1050. The molecule has 2 aromatic heterocycles. The summed E-state index contributed by atoms with van der Waals surface area (Å²) in [5.74, 6) is -1.11. The first-order valence-corrected chi connectivity index (χ1v) is 8.22. The average molecular weight is 353 g/mol. The van der Waals surface area contributed by atoms with Crippen molar-refractivity contribution >= 4 is 34.7 Å². The van der Waals surface area contributed by atoms with Gasteiger partial charge in [0.25, 0.3) is 11.8 Å². The van der Waals surface area contributed by atoms with Crippen molar-refractivity contribution in [2.45, 2.75) is 6.92 Å². The minimum atomic E-state index is -0.427. The van der Waals surface area contributed by atoms with Crippen molar-refractivity contribution in [2.24, 2.45) is 0 Å². The number of nitrogens with zero attached hydrogens (tertiary/aromatic N) is 2. The lowest BCUT2D eigenvalue weighted by Gasteiger charge is -2.12. The van der Waals surface area contributed by atoms with Crippen LogP contribution in [0.5, 0.6) is 0 Å². The zero-order valence-corrected chi connectivity index (χ0v) is 14.1. The van der Waals surface area contributed by atoms with Gasteiger partial charge in [-0.1, -0.05) is 17.7 Å². The van der Waals surface area contributed by atoms with Crippen molar-refractivity contribution in [3.05, 3.63) is 76.1 Å². The highest BCUT2D eigenvalue weighted by atomic mass is 35.5. The van der Waals surface area contributed by atoms with Crippen molar-refractivity contribution in [3.63, 3.8) is 0 Å². The van der Waals surface area contributed by atoms with Crippen LogP contribution in [0.3, 0.4) is 0 Å². The van der Waals surface area contributed by atoms with Crippen LogP contribution >= 0.6 is 11.6 Å². The molecule has 0 aliphatic carbocycles. The second kappa shape index (κ2) is 5.57. The molecule has 0 spiro atoms. The number of aromatic nitrogens is 1. The molecular weight excluding hydrogens is 340 g/mol. The molecule has 25 heavy (non-hydrogen) atoms. The molecule has 0 bridgehead atoms. The number of pyridine rings is 1. The molecule has 0 fully saturated rings. The molecule has 124 valence electrons. The van der Waals surface area contributed by atoms with Crippen molar-refractivity contribution < 1.29 is 14.4 Å². The number of rotatable bonds is 3. The van der Waals surface area contributed by atoms with Gasteiger partial charge in [-0.25, -0.2) is 0 Å². The van der Waals surface area contributed by atoms with E-state index in [9.17, 15) is 14.4 Å². The zero-order chi connectivity index (χ0) is 17.7. The second-order valence-electron chi connectivity index (χ2n) is 5.75. The number of carbonyl (C=O) groups excluding carboxylic acids is 3. The van der Waals surface area contributed by atoms with Crippen molar-refractivity contribution in [1.29, 1.82) is 0 Å². The van der Waals surface area contributed by atoms with E-state index in [4.69, 9.17) is 11.6 Å². The first-order chi connectivity index (χ1) is 12.0. The molecule has 0 N–H and O–H groups in total. The van der Waals surface area contributed by atoms with Crippen LogP contribution in [-0.2, 0) is 0 Å². The van der Waals surface area contributed by atoms with Crippen LogP contribution in [0.4, 0.5) is 0 Å². The molecule has 6 heteroatoms. The lowest BCUT2D eigenvalue weighted by molar-refractivity contribution is 0.0660. The molecule has 0 radical (unpaired) electrons. The van der Waals surface area contributed by atoms with E-state index in [1.165, 1.54) is 0 Å². The van der Waals surface area contributed by atoms with E-state index in [-0.39, 0.29) is 29.5 Å². The molecule has 0 saturated heterocycles. The lowest BCUT2D eigenvalue weighted by atomic mass is 10.0. The molecule has 3 heterocycles. The van der Waals surface area contributed by atoms with E-state index in [2.05, 4.69) is 0 Å². The molecule has 3 aromatic rings.